The minimum absolute atomic E-state index is 0.225. The monoisotopic (exact) mass is 223 g/mol. The van der Waals surface area contributed by atoms with Gasteiger partial charge in [0, 0.05) is 16.0 Å². The van der Waals surface area contributed by atoms with Crippen molar-refractivity contribution in [2.24, 2.45) is 0 Å². The summed E-state index contributed by atoms with van der Waals surface area (Å²) in [4.78, 5) is 3.86. The number of halogens is 1. The summed E-state index contributed by atoms with van der Waals surface area (Å²) in [5, 5.41) is 1.75. The Morgan fingerprint density at radius 2 is 2.17 bits per heavy atom. The first kappa shape index (κ1) is 6.43. The van der Waals surface area contributed by atoms with Crippen LogP contribution in [0, 0.1) is 0 Å². The van der Waals surface area contributed by atoms with E-state index in [0.29, 0.717) is 5.82 Å². The van der Waals surface area contributed by atoms with Crippen molar-refractivity contribution < 1.29 is 1.37 Å². The first-order chi connectivity index (χ1) is 6.16. The highest BCUT2D eigenvalue weighted by Crippen LogP contribution is 2.19. The van der Waals surface area contributed by atoms with E-state index in [1.54, 1.807) is 6.07 Å². The van der Waals surface area contributed by atoms with Gasteiger partial charge in [-0.25, -0.2) is 4.98 Å². The molecular formula is C9H7BrN2. The van der Waals surface area contributed by atoms with Crippen LogP contribution in [0.15, 0.2) is 34.9 Å². The van der Waals surface area contributed by atoms with Crippen LogP contribution in [-0.4, -0.2) is 4.98 Å². The Morgan fingerprint density at radius 3 is 3.00 bits per heavy atom. The molecule has 0 spiro atoms. The number of pyridine rings is 1. The standard InChI is InChI=1S/C9H7BrN2/c10-8-2-1-6-5-12-9(11)4-7(6)3-8/h1-5H,(H2,11,12)/i5D. The molecule has 0 radical (unpaired) electrons. The van der Waals surface area contributed by atoms with Crippen molar-refractivity contribution in [3.8, 4) is 0 Å². The van der Waals surface area contributed by atoms with E-state index in [9.17, 15) is 0 Å². The van der Waals surface area contributed by atoms with Crippen LogP contribution in [-0.2, 0) is 0 Å². The van der Waals surface area contributed by atoms with Crippen LogP contribution in [0.2, 0.25) is 0 Å². The van der Waals surface area contributed by atoms with Crippen LogP contribution in [0.3, 0.4) is 0 Å². The van der Waals surface area contributed by atoms with Gasteiger partial charge in [-0.3, -0.25) is 0 Å². The molecule has 0 saturated carbocycles. The lowest BCUT2D eigenvalue weighted by atomic mass is 10.2. The Kier molecular flexibility index (Phi) is 1.47. The number of rotatable bonds is 0. The number of hydrogen-bond acceptors (Lipinski definition) is 2. The van der Waals surface area contributed by atoms with Crippen LogP contribution >= 0.6 is 15.9 Å². The second-order valence-electron chi connectivity index (χ2n) is 2.52. The molecule has 2 nitrogen and oxygen atoms in total. The van der Waals surface area contributed by atoms with Gasteiger partial charge in [-0.15, -0.1) is 0 Å². The molecule has 0 bridgehead atoms. The molecule has 0 aliphatic carbocycles. The number of nitrogens with two attached hydrogens (primary N) is 1. The van der Waals surface area contributed by atoms with Crippen molar-refractivity contribution in [1.82, 2.24) is 4.98 Å². The van der Waals surface area contributed by atoms with Crippen LogP contribution in [0.1, 0.15) is 1.37 Å². The molecule has 0 amide bonds. The smallest absolute Gasteiger partial charge is 0.123 e. The van der Waals surface area contributed by atoms with Gasteiger partial charge >= 0.3 is 0 Å². The molecule has 60 valence electrons. The topological polar surface area (TPSA) is 38.9 Å². The van der Waals surface area contributed by atoms with Crippen LogP contribution in [0.5, 0.6) is 0 Å². The number of benzene rings is 1. The Hall–Kier alpha value is -1.09. The highest BCUT2D eigenvalue weighted by atomic mass is 79.9. The molecule has 3 heteroatoms. The zero-order valence-electron chi connectivity index (χ0n) is 7.21. The highest BCUT2D eigenvalue weighted by molar-refractivity contribution is 9.10. The Balaban J connectivity index is 2.86. The lowest BCUT2D eigenvalue weighted by Gasteiger charge is -1.98. The largest absolute Gasteiger partial charge is 0.384 e. The fourth-order valence-electron chi connectivity index (χ4n) is 1.07. The SMILES string of the molecule is [2H]c1nc(N)cc2cc(Br)ccc12. The van der Waals surface area contributed by atoms with Gasteiger partial charge in [0.2, 0.25) is 0 Å². The summed E-state index contributed by atoms with van der Waals surface area (Å²) in [7, 11) is 0. The molecule has 0 aliphatic rings. The number of hydrogen-bond donors (Lipinski definition) is 1. The van der Waals surface area contributed by atoms with Gasteiger partial charge in [0.1, 0.15) is 5.82 Å². The molecule has 0 aliphatic heterocycles. The third-order valence-electron chi connectivity index (χ3n) is 1.62. The van der Waals surface area contributed by atoms with E-state index in [1.807, 2.05) is 18.2 Å². The van der Waals surface area contributed by atoms with Crippen molar-refractivity contribution in [3.63, 3.8) is 0 Å². The fraction of sp³-hybridized carbons (Fsp3) is 0. The van der Waals surface area contributed by atoms with Crippen molar-refractivity contribution in [2.45, 2.75) is 0 Å². The van der Waals surface area contributed by atoms with E-state index in [2.05, 4.69) is 20.9 Å². The maximum absolute atomic E-state index is 7.57. The van der Waals surface area contributed by atoms with Crippen LogP contribution < -0.4 is 5.73 Å². The normalized spacial score (nSPS) is 11.6. The van der Waals surface area contributed by atoms with E-state index >= 15 is 0 Å². The second-order valence-corrected chi connectivity index (χ2v) is 3.44. The highest BCUT2D eigenvalue weighted by Gasteiger charge is 1.94. The maximum Gasteiger partial charge on any atom is 0.123 e. The van der Waals surface area contributed by atoms with E-state index in [-0.39, 0.29) is 6.17 Å². The van der Waals surface area contributed by atoms with Crippen molar-refractivity contribution in [1.29, 1.82) is 0 Å². The zero-order chi connectivity index (χ0) is 9.42. The van der Waals surface area contributed by atoms with Gasteiger partial charge in [0.25, 0.3) is 0 Å². The lowest BCUT2D eigenvalue weighted by Crippen LogP contribution is -1.88. The summed E-state index contributed by atoms with van der Waals surface area (Å²) in [6.07, 6.45) is 0.225. The summed E-state index contributed by atoms with van der Waals surface area (Å²) < 4.78 is 8.55. The first-order valence-electron chi connectivity index (χ1n) is 3.99. The van der Waals surface area contributed by atoms with Gasteiger partial charge in [0.15, 0.2) is 0 Å². The van der Waals surface area contributed by atoms with Gasteiger partial charge in [0.05, 0.1) is 1.37 Å². The second kappa shape index (κ2) is 2.75. The van der Waals surface area contributed by atoms with Gasteiger partial charge < -0.3 is 5.73 Å². The molecule has 12 heavy (non-hydrogen) atoms. The number of nitrogens with zero attached hydrogens (tertiary/aromatic N) is 1. The Bertz CT molecular complexity index is 465. The van der Waals surface area contributed by atoms with Crippen molar-refractivity contribution in [3.05, 3.63) is 34.9 Å². The quantitative estimate of drug-likeness (QED) is 0.746. The molecule has 2 N–H and O–H groups in total. The summed E-state index contributed by atoms with van der Waals surface area (Å²) in [6.45, 7) is 0. The third kappa shape index (κ3) is 1.28. The summed E-state index contributed by atoms with van der Waals surface area (Å²) in [5.74, 6) is 0.385. The number of fused-ring (bicyclic) bond motifs is 1. The molecule has 0 saturated heterocycles. The molecular weight excluding hydrogens is 216 g/mol. The van der Waals surface area contributed by atoms with Gasteiger partial charge in [-0.05, 0) is 23.6 Å². The van der Waals surface area contributed by atoms with E-state index < -0.39 is 0 Å². The molecule has 1 aromatic carbocycles. The molecule has 2 rings (SSSR count). The first-order valence-corrected chi connectivity index (χ1v) is 4.28. The number of nitrogen functional groups attached to an aromatic ring is 1. The fourth-order valence-corrected chi connectivity index (χ4v) is 1.45. The number of aromatic nitrogens is 1. The summed E-state index contributed by atoms with van der Waals surface area (Å²) in [5.41, 5.74) is 5.53. The minimum Gasteiger partial charge on any atom is -0.384 e. The average Bonchev–Trinajstić information content (AvgIpc) is 2.02. The molecule has 0 unspecified atom stereocenters. The maximum atomic E-state index is 7.57. The Labute approximate surface area is 79.9 Å². The average molecular weight is 224 g/mol. The molecule has 1 aromatic heterocycles. The summed E-state index contributed by atoms with van der Waals surface area (Å²) in [6, 6.07) is 7.43. The minimum atomic E-state index is 0.225. The predicted octanol–water partition coefficient (Wildman–Crippen LogP) is 2.58. The third-order valence-corrected chi connectivity index (χ3v) is 2.12. The summed E-state index contributed by atoms with van der Waals surface area (Å²) >= 11 is 3.36. The zero-order valence-corrected chi connectivity index (χ0v) is 7.80. The van der Waals surface area contributed by atoms with Gasteiger partial charge in [-0.1, -0.05) is 22.0 Å². The molecule has 0 fully saturated rings. The van der Waals surface area contributed by atoms with Crippen LogP contribution in [0.25, 0.3) is 10.8 Å². The van der Waals surface area contributed by atoms with E-state index in [0.717, 1.165) is 15.2 Å². The van der Waals surface area contributed by atoms with E-state index in [4.69, 9.17) is 7.10 Å². The number of anilines is 1. The van der Waals surface area contributed by atoms with Crippen molar-refractivity contribution >= 4 is 32.5 Å². The Morgan fingerprint density at radius 1 is 1.33 bits per heavy atom. The molecule has 1 heterocycles. The van der Waals surface area contributed by atoms with Gasteiger partial charge in [-0.2, -0.15) is 0 Å². The molecule has 2 aromatic rings. The predicted molar refractivity (Wildman–Crippen MR) is 53.9 cm³/mol. The molecule has 0 atom stereocenters. The van der Waals surface area contributed by atoms with Crippen LogP contribution in [0.4, 0.5) is 5.82 Å². The lowest BCUT2D eigenvalue weighted by molar-refractivity contribution is 1.37. The van der Waals surface area contributed by atoms with Crippen molar-refractivity contribution in [2.75, 3.05) is 5.73 Å². The van der Waals surface area contributed by atoms with E-state index in [1.165, 1.54) is 0 Å².